The van der Waals surface area contributed by atoms with Crippen LogP contribution in [0.2, 0.25) is 0 Å². The minimum Gasteiger partial charge on any atom is -0.467 e. The number of hydrogen-bond donors (Lipinski definition) is 1. The second-order valence-corrected chi connectivity index (χ2v) is 4.96. The molecule has 0 radical (unpaired) electrons. The lowest BCUT2D eigenvalue weighted by molar-refractivity contribution is -0.122. The van der Waals surface area contributed by atoms with E-state index in [4.69, 9.17) is 4.42 Å². The summed E-state index contributed by atoms with van der Waals surface area (Å²) in [5.41, 5.74) is 0.501. The van der Waals surface area contributed by atoms with Crippen molar-refractivity contribution in [3.05, 3.63) is 54.2 Å². The van der Waals surface area contributed by atoms with Crippen LogP contribution in [-0.4, -0.2) is 26.1 Å². The van der Waals surface area contributed by atoms with Gasteiger partial charge in [-0.05, 0) is 36.4 Å². The Morgan fingerprint density at radius 2 is 2.26 bits per heavy atom. The summed E-state index contributed by atoms with van der Waals surface area (Å²) in [5.74, 6) is 0.252. The normalized spacial score (nSPS) is 12.1. The number of halogens is 1. The summed E-state index contributed by atoms with van der Waals surface area (Å²) in [7, 11) is 0. The molecule has 23 heavy (non-hydrogen) atoms. The van der Waals surface area contributed by atoms with Gasteiger partial charge in [0.05, 0.1) is 12.3 Å². The van der Waals surface area contributed by atoms with Crippen molar-refractivity contribution in [3.8, 4) is 11.4 Å². The number of hydrogen-bond acceptors (Lipinski definition) is 5. The summed E-state index contributed by atoms with van der Waals surface area (Å²) in [6.45, 7) is 1.72. The number of tetrazole rings is 1. The Hall–Kier alpha value is -3.03. The molecule has 0 saturated carbocycles. The molecule has 0 bridgehead atoms. The zero-order valence-electron chi connectivity index (χ0n) is 12.3. The van der Waals surface area contributed by atoms with Crippen molar-refractivity contribution >= 4 is 5.91 Å². The van der Waals surface area contributed by atoms with Crippen LogP contribution in [-0.2, 0) is 11.3 Å². The van der Waals surface area contributed by atoms with Crippen LogP contribution in [0.25, 0.3) is 11.4 Å². The first-order valence-electron chi connectivity index (χ1n) is 6.98. The largest absolute Gasteiger partial charge is 0.467 e. The lowest BCUT2D eigenvalue weighted by atomic mass is 10.2. The smallest absolute Gasteiger partial charge is 0.244 e. The van der Waals surface area contributed by atoms with Gasteiger partial charge < -0.3 is 9.73 Å². The molecule has 0 aliphatic rings. The maximum Gasteiger partial charge on any atom is 0.244 e. The van der Waals surface area contributed by atoms with Crippen LogP contribution in [0.15, 0.2) is 47.1 Å². The summed E-state index contributed by atoms with van der Waals surface area (Å²) in [6, 6.07) is 9.14. The van der Waals surface area contributed by atoms with E-state index in [0.29, 0.717) is 11.3 Å². The number of aromatic nitrogens is 4. The molecule has 3 rings (SSSR count). The van der Waals surface area contributed by atoms with Crippen LogP contribution in [0, 0.1) is 5.82 Å². The maximum absolute atomic E-state index is 13.2. The molecule has 0 saturated heterocycles. The third-order valence-electron chi connectivity index (χ3n) is 3.17. The van der Waals surface area contributed by atoms with Gasteiger partial charge in [0.2, 0.25) is 11.7 Å². The molecule has 0 unspecified atom stereocenters. The molecule has 7 nitrogen and oxygen atoms in total. The van der Waals surface area contributed by atoms with E-state index in [1.54, 1.807) is 30.5 Å². The van der Waals surface area contributed by atoms with Crippen molar-refractivity contribution in [2.24, 2.45) is 0 Å². The number of carbonyl (C=O) groups is 1. The van der Waals surface area contributed by atoms with E-state index in [-0.39, 0.29) is 30.1 Å². The average Bonchev–Trinajstić information content (AvgIpc) is 3.18. The Morgan fingerprint density at radius 1 is 1.39 bits per heavy atom. The number of benzene rings is 1. The monoisotopic (exact) mass is 315 g/mol. The highest BCUT2D eigenvalue weighted by atomic mass is 19.1. The number of carbonyl (C=O) groups excluding carboxylic acids is 1. The summed E-state index contributed by atoms with van der Waals surface area (Å²) < 4.78 is 18.4. The van der Waals surface area contributed by atoms with Gasteiger partial charge in [0.1, 0.15) is 18.1 Å². The number of furan rings is 1. The Morgan fingerprint density at radius 3 is 3.00 bits per heavy atom. The van der Waals surface area contributed by atoms with E-state index in [1.807, 2.05) is 6.92 Å². The summed E-state index contributed by atoms with van der Waals surface area (Å²) in [5, 5.41) is 14.5. The van der Waals surface area contributed by atoms with Gasteiger partial charge in [-0.2, -0.15) is 4.80 Å². The van der Waals surface area contributed by atoms with Crippen molar-refractivity contribution in [1.82, 2.24) is 25.5 Å². The van der Waals surface area contributed by atoms with Crippen LogP contribution in [0.1, 0.15) is 18.7 Å². The molecule has 8 heteroatoms. The van der Waals surface area contributed by atoms with Gasteiger partial charge in [0.15, 0.2) is 0 Å². The summed E-state index contributed by atoms with van der Waals surface area (Å²) >= 11 is 0. The Kier molecular flexibility index (Phi) is 4.13. The van der Waals surface area contributed by atoms with Crippen molar-refractivity contribution in [3.63, 3.8) is 0 Å². The van der Waals surface area contributed by atoms with Gasteiger partial charge in [-0.25, -0.2) is 4.39 Å². The van der Waals surface area contributed by atoms with Gasteiger partial charge in [0.25, 0.3) is 0 Å². The second-order valence-electron chi connectivity index (χ2n) is 4.96. The molecular weight excluding hydrogens is 301 g/mol. The van der Waals surface area contributed by atoms with Gasteiger partial charge in [-0.3, -0.25) is 4.79 Å². The molecule has 0 fully saturated rings. The molecule has 0 aliphatic carbocycles. The molecule has 3 aromatic rings. The van der Waals surface area contributed by atoms with Crippen molar-refractivity contribution in [2.75, 3.05) is 0 Å². The first-order chi connectivity index (χ1) is 11.1. The number of nitrogens with one attached hydrogen (secondary N) is 1. The van der Waals surface area contributed by atoms with Gasteiger partial charge >= 0.3 is 0 Å². The van der Waals surface area contributed by atoms with E-state index < -0.39 is 0 Å². The first-order valence-corrected chi connectivity index (χ1v) is 6.98. The maximum atomic E-state index is 13.2. The minimum absolute atomic E-state index is 0.0899. The third-order valence-corrected chi connectivity index (χ3v) is 3.17. The molecule has 2 heterocycles. The number of amides is 1. The minimum atomic E-state index is -0.385. The Balaban J connectivity index is 1.63. The fourth-order valence-electron chi connectivity index (χ4n) is 2.08. The van der Waals surface area contributed by atoms with Crippen molar-refractivity contribution in [1.29, 1.82) is 0 Å². The zero-order chi connectivity index (χ0) is 16.2. The summed E-state index contributed by atoms with van der Waals surface area (Å²) in [4.78, 5) is 13.1. The predicted molar refractivity (Wildman–Crippen MR) is 78.5 cm³/mol. The Labute approximate surface area is 131 Å². The van der Waals surface area contributed by atoms with E-state index in [2.05, 4.69) is 20.7 Å². The molecule has 1 N–H and O–H groups in total. The van der Waals surface area contributed by atoms with Gasteiger partial charge in [0, 0.05) is 5.56 Å². The lowest BCUT2D eigenvalue weighted by Crippen LogP contribution is -2.30. The lowest BCUT2D eigenvalue weighted by Gasteiger charge is -2.10. The standard InChI is InChI=1S/C15H14FN5O2/c1-10(13-6-3-7-23-13)17-14(22)9-21-19-15(18-20-21)11-4-2-5-12(16)8-11/h2-8,10H,9H2,1H3,(H,17,22)/t10-/m1/s1. The predicted octanol–water partition coefficient (Wildman–Crippen LogP) is 1.95. The highest BCUT2D eigenvalue weighted by molar-refractivity contribution is 5.75. The van der Waals surface area contributed by atoms with Gasteiger partial charge in [-0.1, -0.05) is 12.1 Å². The second kappa shape index (κ2) is 6.39. The highest BCUT2D eigenvalue weighted by Crippen LogP contribution is 2.14. The van der Waals surface area contributed by atoms with E-state index >= 15 is 0 Å². The van der Waals surface area contributed by atoms with Crippen LogP contribution in [0.4, 0.5) is 4.39 Å². The molecule has 1 amide bonds. The van der Waals surface area contributed by atoms with Crippen LogP contribution < -0.4 is 5.32 Å². The highest BCUT2D eigenvalue weighted by Gasteiger charge is 2.14. The van der Waals surface area contributed by atoms with Gasteiger partial charge in [-0.15, -0.1) is 10.2 Å². The fourth-order valence-corrected chi connectivity index (χ4v) is 2.08. The third kappa shape index (κ3) is 3.60. The molecule has 118 valence electrons. The Bertz CT molecular complexity index is 800. The molecular formula is C15H14FN5O2. The topological polar surface area (TPSA) is 85.8 Å². The zero-order valence-corrected chi connectivity index (χ0v) is 12.3. The number of rotatable bonds is 5. The molecule has 0 aliphatic heterocycles. The quantitative estimate of drug-likeness (QED) is 0.777. The average molecular weight is 315 g/mol. The summed E-state index contributed by atoms with van der Waals surface area (Å²) in [6.07, 6.45) is 1.54. The van der Waals surface area contributed by atoms with E-state index in [0.717, 1.165) is 4.80 Å². The molecule has 2 aromatic heterocycles. The van der Waals surface area contributed by atoms with E-state index in [9.17, 15) is 9.18 Å². The SMILES string of the molecule is C[C@@H](NC(=O)Cn1nnc(-c2cccc(F)c2)n1)c1ccco1. The van der Waals surface area contributed by atoms with E-state index in [1.165, 1.54) is 12.1 Å². The number of nitrogens with zero attached hydrogens (tertiary/aromatic N) is 4. The van der Waals surface area contributed by atoms with Crippen LogP contribution in [0.5, 0.6) is 0 Å². The van der Waals surface area contributed by atoms with Crippen LogP contribution in [0.3, 0.4) is 0 Å². The van der Waals surface area contributed by atoms with Crippen molar-refractivity contribution < 1.29 is 13.6 Å². The molecule has 1 atom stereocenters. The fraction of sp³-hybridized carbons (Fsp3) is 0.200. The molecule has 0 spiro atoms. The van der Waals surface area contributed by atoms with Crippen molar-refractivity contribution in [2.45, 2.75) is 19.5 Å². The van der Waals surface area contributed by atoms with Crippen LogP contribution >= 0.6 is 0 Å². The molecule has 1 aromatic carbocycles. The first kappa shape index (κ1) is 14.9.